The van der Waals surface area contributed by atoms with Crippen molar-refractivity contribution in [1.82, 2.24) is 10.2 Å². The lowest BCUT2D eigenvalue weighted by atomic mass is 10.1. The van der Waals surface area contributed by atoms with Crippen molar-refractivity contribution in [2.24, 2.45) is 0 Å². The minimum atomic E-state index is 0.262. The van der Waals surface area contributed by atoms with E-state index in [-0.39, 0.29) is 6.10 Å². The molecule has 0 aliphatic carbocycles. The van der Waals surface area contributed by atoms with Crippen molar-refractivity contribution < 1.29 is 9.47 Å². The summed E-state index contributed by atoms with van der Waals surface area (Å²) >= 11 is 0. The van der Waals surface area contributed by atoms with Crippen LogP contribution < -0.4 is 10.1 Å². The van der Waals surface area contributed by atoms with E-state index < -0.39 is 0 Å². The smallest absolute Gasteiger partial charge is 0.119 e. The first-order valence-corrected chi connectivity index (χ1v) is 10.4. The maximum atomic E-state index is 5.83. The fourth-order valence-corrected chi connectivity index (χ4v) is 3.33. The first-order valence-electron chi connectivity index (χ1n) is 10.4. The predicted molar refractivity (Wildman–Crippen MR) is 114 cm³/mol. The molecule has 1 atom stereocenters. The Kier molecular flexibility index (Phi) is 7.90. The Balaban J connectivity index is 1.42. The lowest BCUT2D eigenvalue weighted by Crippen LogP contribution is -2.25. The van der Waals surface area contributed by atoms with Crippen LogP contribution in [-0.4, -0.2) is 37.3 Å². The Labute approximate surface area is 169 Å². The van der Waals surface area contributed by atoms with Crippen LogP contribution in [0.2, 0.25) is 0 Å². The molecule has 2 aromatic rings. The first kappa shape index (κ1) is 20.8. The molecule has 4 nitrogen and oxygen atoms in total. The Morgan fingerprint density at radius 2 is 1.82 bits per heavy atom. The topological polar surface area (TPSA) is 33.7 Å². The third-order valence-corrected chi connectivity index (χ3v) is 5.35. The summed E-state index contributed by atoms with van der Waals surface area (Å²) in [6.07, 6.45) is 2.52. The Bertz CT molecular complexity index is 709. The molecule has 152 valence electrons. The van der Waals surface area contributed by atoms with Crippen molar-refractivity contribution in [3.8, 4) is 5.75 Å². The highest BCUT2D eigenvalue weighted by atomic mass is 16.5. The van der Waals surface area contributed by atoms with Gasteiger partial charge in [0.25, 0.3) is 0 Å². The van der Waals surface area contributed by atoms with Gasteiger partial charge in [-0.15, -0.1) is 0 Å². The highest BCUT2D eigenvalue weighted by molar-refractivity contribution is 5.27. The first-order chi connectivity index (χ1) is 13.6. The molecule has 0 radical (unpaired) electrons. The van der Waals surface area contributed by atoms with Gasteiger partial charge in [0.1, 0.15) is 12.4 Å². The van der Waals surface area contributed by atoms with Crippen molar-refractivity contribution in [3.05, 3.63) is 65.2 Å². The van der Waals surface area contributed by atoms with Gasteiger partial charge < -0.3 is 14.8 Å². The summed E-state index contributed by atoms with van der Waals surface area (Å²) in [5, 5.41) is 3.54. The summed E-state index contributed by atoms with van der Waals surface area (Å²) in [6.45, 7) is 8.68. The molecule has 0 amide bonds. The number of hydrogen-bond donors (Lipinski definition) is 1. The highest BCUT2D eigenvalue weighted by Gasteiger charge is 2.15. The summed E-state index contributed by atoms with van der Waals surface area (Å²) in [5.74, 6) is 0.918. The average Bonchev–Trinajstić information content (AvgIpc) is 3.21. The van der Waals surface area contributed by atoms with Crippen LogP contribution in [0.15, 0.2) is 48.5 Å². The van der Waals surface area contributed by atoms with Gasteiger partial charge in [0.05, 0.1) is 6.10 Å². The van der Waals surface area contributed by atoms with Crippen molar-refractivity contribution in [2.45, 2.75) is 58.5 Å². The second kappa shape index (κ2) is 10.6. The Morgan fingerprint density at radius 3 is 2.54 bits per heavy atom. The third kappa shape index (κ3) is 6.62. The van der Waals surface area contributed by atoms with Crippen LogP contribution in [0.3, 0.4) is 0 Å². The molecule has 28 heavy (non-hydrogen) atoms. The molecule has 0 saturated carbocycles. The van der Waals surface area contributed by atoms with Gasteiger partial charge in [-0.05, 0) is 62.6 Å². The van der Waals surface area contributed by atoms with Gasteiger partial charge in [0, 0.05) is 32.3 Å². The van der Waals surface area contributed by atoms with Crippen LogP contribution >= 0.6 is 0 Å². The number of rotatable bonds is 10. The fourth-order valence-electron chi connectivity index (χ4n) is 3.33. The molecule has 2 aromatic carbocycles. The van der Waals surface area contributed by atoms with E-state index in [2.05, 4.69) is 67.5 Å². The molecule has 0 spiro atoms. The van der Waals surface area contributed by atoms with Crippen LogP contribution in [0.4, 0.5) is 0 Å². The van der Waals surface area contributed by atoms with Crippen LogP contribution in [0.5, 0.6) is 5.75 Å². The van der Waals surface area contributed by atoms with E-state index in [0.717, 1.165) is 44.8 Å². The van der Waals surface area contributed by atoms with Gasteiger partial charge in [-0.25, -0.2) is 0 Å². The zero-order chi connectivity index (χ0) is 19.8. The van der Waals surface area contributed by atoms with Gasteiger partial charge in [0.2, 0.25) is 0 Å². The lowest BCUT2D eigenvalue weighted by Gasteiger charge is -2.21. The molecule has 1 N–H and O–H groups in total. The van der Waals surface area contributed by atoms with Gasteiger partial charge in [-0.3, -0.25) is 4.90 Å². The largest absolute Gasteiger partial charge is 0.491 e. The molecule has 0 aromatic heterocycles. The molecule has 3 rings (SSSR count). The standard InChI is InChI=1S/C24H34N2O2/c1-19(2)26(3)17-22-7-4-6-21(14-22)16-25-15-20-9-11-23(12-10-20)28-18-24-8-5-13-27-24/h4,6-7,9-12,14,19,24-25H,5,8,13,15-18H2,1-3H3. The van der Waals surface area contributed by atoms with E-state index in [9.17, 15) is 0 Å². The van der Waals surface area contributed by atoms with Crippen LogP contribution in [0.25, 0.3) is 0 Å². The number of nitrogens with one attached hydrogen (secondary N) is 1. The van der Waals surface area contributed by atoms with Gasteiger partial charge in [0.15, 0.2) is 0 Å². The van der Waals surface area contributed by atoms with E-state index in [1.165, 1.54) is 16.7 Å². The third-order valence-electron chi connectivity index (χ3n) is 5.35. The van der Waals surface area contributed by atoms with Crippen LogP contribution in [0, 0.1) is 0 Å². The summed E-state index contributed by atoms with van der Waals surface area (Å²) < 4.78 is 11.4. The molecular formula is C24H34N2O2. The van der Waals surface area contributed by atoms with Gasteiger partial charge in [-0.2, -0.15) is 0 Å². The lowest BCUT2D eigenvalue weighted by molar-refractivity contribution is 0.0679. The van der Waals surface area contributed by atoms with E-state index in [1.54, 1.807) is 0 Å². The zero-order valence-electron chi connectivity index (χ0n) is 17.5. The van der Waals surface area contributed by atoms with Gasteiger partial charge in [-0.1, -0.05) is 36.4 Å². The second-order valence-electron chi connectivity index (χ2n) is 8.02. The number of ether oxygens (including phenoxy) is 2. The van der Waals surface area contributed by atoms with E-state index in [1.807, 2.05) is 12.1 Å². The molecule has 4 heteroatoms. The summed E-state index contributed by atoms with van der Waals surface area (Å²) in [5.41, 5.74) is 3.95. The molecule has 1 aliphatic rings. The average molecular weight is 383 g/mol. The van der Waals surface area contributed by atoms with Crippen LogP contribution in [0.1, 0.15) is 43.4 Å². The number of nitrogens with zero attached hydrogens (tertiary/aromatic N) is 1. The maximum absolute atomic E-state index is 5.83. The van der Waals surface area contributed by atoms with Crippen molar-refractivity contribution in [2.75, 3.05) is 20.3 Å². The van der Waals surface area contributed by atoms with Gasteiger partial charge >= 0.3 is 0 Å². The molecule has 1 saturated heterocycles. The second-order valence-corrected chi connectivity index (χ2v) is 8.02. The Hall–Kier alpha value is -1.88. The van der Waals surface area contributed by atoms with Crippen molar-refractivity contribution in [1.29, 1.82) is 0 Å². The highest BCUT2D eigenvalue weighted by Crippen LogP contribution is 2.17. The minimum absolute atomic E-state index is 0.262. The summed E-state index contributed by atoms with van der Waals surface area (Å²) in [4.78, 5) is 2.36. The molecule has 1 fully saturated rings. The maximum Gasteiger partial charge on any atom is 0.119 e. The SMILES string of the molecule is CC(C)N(C)Cc1cccc(CNCc2ccc(OCC3CCCO3)cc2)c1. The minimum Gasteiger partial charge on any atom is -0.491 e. The summed E-state index contributed by atoms with van der Waals surface area (Å²) in [7, 11) is 2.17. The normalized spacial score (nSPS) is 16.8. The zero-order valence-corrected chi connectivity index (χ0v) is 17.5. The molecule has 1 aliphatic heterocycles. The van der Waals surface area contributed by atoms with E-state index in [0.29, 0.717) is 12.6 Å². The fraction of sp³-hybridized carbons (Fsp3) is 0.500. The van der Waals surface area contributed by atoms with Crippen molar-refractivity contribution in [3.63, 3.8) is 0 Å². The molecule has 1 unspecified atom stereocenters. The molecule has 0 bridgehead atoms. The molecular weight excluding hydrogens is 348 g/mol. The van der Waals surface area contributed by atoms with Crippen molar-refractivity contribution >= 4 is 0 Å². The van der Waals surface area contributed by atoms with E-state index in [4.69, 9.17) is 9.47 Å². The van der Waals surface area contributed by atoms with E-state index >= 15 is 0 Å². The molecule has 1 heterocycles. The predicted octanol–water partition coefficient (Wildman–Crippen LogP) is 4.37. The summed E-state index contributed by atoms with van der Waals surface area (Å²) in [6, 6.07) is 17.8. The quantitative estimate of drug-likeness (QED) is 0.661. The Morgan fingerprint density at radius 1 is 1.07 bits per heavy atom. The monoisotopic (exact) mass is 382 g/mol. The van der Waals surface area contributed by atoms with Crippen LogP contribution in [-0.2, 0) is 24.4 Å². The number of hydrogen-bond acceptors (Lipinski definition) is 4. The number of benzene rings is 2.